The summed E-state index contributed by atoms with van der Waals surface area (Å²) in [6.45, 7) is 4.55. The normalized spacial score (nSPS) is 12.5. The lowest BCUT2D eigenvalue weighted by molar-refractivity contribution is 0.0598. The second-order valence-electron chi connectivity index (χ2n) is 5.71. The molecule has 1 unspecified atom stereocenters. The lowest BCUT2D eigenvalue weighted by Crippen LogP contribution is -2.14. The summed E-state index contributed by atoms with van der Waals surface area (Å²) in [5.74, 6) is 0.636. The predicted octanol–water partition coefficient (Wildman–Crippen LogP) is 4.65. The van der Waals surface area contributed by atoms with E-state index in [0.29, 0.717) is 23.1 Å². The van der Waals surface area contributed by atoms with E-state index >= 15 is 0 Å². The molecule has 0 aliphatic carbocycles. The van der Waals surface area contributed by atoms with E-state index in [0.717, 1.165) is 12.0 Å². The third-order valence-electron chi connectivity index (χ3n) is 4.02. The van der Waals surface area contributed by atoms with Crippen molar-refractivity contribution in [1.82, 2.24) is 0 Å². The summed E-state index contributed by atoms with van der Waals surface area (Å²) >= 11 is 6.06. The lowest BCUT2D eigenvalue weighted by Gasteiger charge is -2.17. The summed E-state index contributed by atoms with van der Waals surface area (Å²) < 4.78 is 44.1. The van der Waals surface area contributed by atoms with E-state index in [1.807, 2.05) is 13.8 Å². The number of anilines is 1. The summed E-state index contributed by atoms with van der Waals surface area (Å²) in [4.78, 5) is 0.133. The highest BCUT2D eigenvalue weighted by molar-refractivity contribution is 7.92. The van der Waals surface area contributed by atoms with Gasteiger partial charge >= 0.3 is 0 Å². The zero-order valence-electron chi connectivity index (χ0n) is 15.8. The van der Waals surface area contributed by atoms with Gasteiger partial charge in [0.25, 0.3) is 10.0 Å². The van der Waals surface area contributed by atoms with Gasteiger partial charge in [0.15, 0.2) is 0 Å². The van der Waals surface area contributed by atoms with Crippen molar-refractivity contribution >= 4 is 27.3 Å². The first-order valence-electron chi connectivity index (χ1n) is 8.52. The number of nitrogens with one attached hydrogen (secondary N) is 1. The van der Waals surface area contributed by atoms with Crippen molar-refractivity contribution in [3.05, 3.63) is 47.0 Å². The molecule has 1 atom stereocenters. The highest BCUT2D eigenvalue weighted by Gasteiger charge is 2.19. The van der Waals surface area contributed by atoms with E-state index in [1.54, 1.807) is 24.3 Å². The van der Waals surface area contributed by atoms with Crippen LogP contribution in [0.3, 0.4) is 0 Å². The highest BCUT2D eigenvalue weighted by Crippen LogP contribution is 2.37. The first kappa shape index (κ1) is 21.3. The van der Waals surface area contributed by atoms with Crippen LogP contribution in [0.5, 0.6) is 11.5 Å². The molecule has 0 spiro atoms. The molecule has 0 saturated heterocycles. The molecule has 0 aliphatic rings. The van der Waals surface area contributed by atoms with Crippen molar-refractivity contribution in [2.24, 2.45) is 0 Å². The lowest BCUT2D eigenvalue weighted by atomic mass is 10.1. The van der Waals surface area contributed by atoms with Crippen molar-refractivity contribution in [3.63, 3.8) is 0 Å². The van der Waals surface area contributed by atoms with Crippen LogP contribution in [0.2, 0.25) is 5.02 Å². The number of hydrogen-bond acceptors (Lipinski definition) is 5. The van der Waals surface area contributed by atoms with Crippen LogP contribution in [-0.2, 0) is 14.8 Å². The zero-order chi connectivity index (χ0) is 20.0. The molecule has 27 heavy (non-hydrogen) atoms. The maximum atomic E-state index is 12.8. The first-order valence-corrected chi connectivity index (χ1v) is 10.4. The van der Waals surface area contributed by atoms with E-state index in [-0.39, 0.29) is 16.7 Å². The average molecular weight is 414 g/mol. The van der Waals surface area contributed by atoms with Crippen molar-refractivity contribution in [2.75, 3.05) is 25.5 Å². The fraction of sp³-hybridized carbons (Fsp3) is 0.368. The average Bonchev–Trinajstić information content (AvgIpc) is 2.67. The van der Waals surface area contributed by atoms with Gasteiger partial charge in [0.2, 0.25) is 0 Å². The van der Waals surface area contributed by atoms with E-state index in [2.05, 4.69) is 4.72 Å². The zero-order valence-corrected chi connectivity index (χ0v) is 17.4. The Bertz CT molecular complexity index is 868. The molecule has 0 heterocycles. The molecule has 0 aliphatic heterocycles. The SMILES string of the molecule is CCOC(CC)c1ccc(S(=O)(=O)Nc2cc(OC)c(Cl)cc2OC)cc1. The summed E-state index contributed by atoms with van der Waals surface area (Å²) in [6.07, 6.45) is 0.750. The Kier molecular flexibility index (Phi) is 7.35. The third kappa shape index (κ3) is 5.06. The van der Waals surface area contributed by atoms with Crippen LogP contribution in [0.1, 0.15) is 31.9 Å². The predicted molar refractivity (Wildman–Crippen MR) is 106 cm³/mol. The minimum absolute atomic E-state index is 0.0552. The summed E-state index contributed by atoms with van der Waals surface area (Å²) in [5.41, 5.74) is 1.17. The molecule has 2 aromatic carbocycles. The Morgan fingerprint density at radius 2 is 1.67 bits per heavy atom. The van der Waals surface area contributed by atoms with Gasteiger partial charge in [-0.05, 0) is 31.0 Å². The van der Waals surface area contributed by atoms with Crippen molar-refractivity contribution in [1.29, 1.82) is 0 Å². The van der Waals surface area contributed by atoms with E-state index < -0.39 is 10.0 Å². The molecule has 0 aromatic heterocycles. The molecule has 0 bridgehead atoms. The van der Waals surface area contributed by atoms with Gasteiger partial charge in [0, 0.05) is 18.7 Å². The second-order valence-corrected chi connectivity index (χ2v) is 7.80. The van der Waals surface area contributed by atoms with Gasteiger partial charge in [-0.2, -0.15) is 0 Å². The van der Waals surface area contributed by atoms with E-state index in [9.17, 15) is 8.42 Å². The minimum atomic E-state index is -3.81. The Balaban J connectivity index is 2.31. The van der Waals surface area contributed by atoms with Crippen molar-refractivity contribution < 1.29 is 22.6 Å². The van der Waals surface area contributed by atoms with Gasteiger partial charge in [-0.25, -0.2) is 8.42 Å². The number of sulfonamides is 1. The Hall–Kier alpha value is -1.96. The molecule has 8 heteroatoms. The largest absolute Gasteiger partial charge is 0.495 e. The molecule has 148 valence electrons. The number of hydrogen-bond donors (Lipinski definition) is 1. The van der Waals surface area contributed by atoms with Gasteiger partial charge in [-0.15, -0.1) is 0 Å². The van der Waals surface area contributed by atoms with Crippen LogP contribution in [0.15, 0.2) is 41.3 Å². The molecule has 0 radical (unpaired) electrons. The number of methoxy groups -OCH3 is 2. The van der Waals surface area contributed by atoms with Crippen LogP contribution in [0.25, 0.3) is 0 Å². The maximum Gasteiger partial charge on any atom is 0.262 e. The topological polar surface area (TPSA) is 73.9 Å². The van der Waals surface area contributed by atoms with Crippen LogP contribution >= 0.6 is 11.6 Å². The monoisotopic (exact) mass is 413 g/mol. The fourth-order valence-electron chi connectivity index (χ4n) is 2.66. The number of rotatable bonds is 9. The van der Waals surface area contributed by atoms with Gasteiger partial charge in [-0.1, -0.05) is 30.7 Å². The van der Waals surface area contributed by atoms with Crippen molar-refractivity contribution in [3.8, 4) is 11.5 Å². The highest BCUT2D eigenvalue weighted by atomic mass is 35.5. The molecule has 6 nitrogen and oxygen atoms in total. The van der Waals surface area contributed by atoms with Crippen LogP contribution < -0.4 is 14.2 Å². The molecule has 0 amide bonds. The number of halogens is 1. The van der Waals surface area contributed by atoms with Crippen LogP contribution in [0.4, 0.5) is 5.69 Å². The van der Waals surface area contributed by atoms with Gasteiger partial charge in [-0.3, -0.25) is 4.72 Å². The fourth-order valence-corrected chi connectivity index (χ4v) is 3.95. The Morgan fingerprint density at radius 1 is 1.04 bits per heavy atom. The third-order valence-corrected chi connectivity index (χ3v) is 5.70. The van der Waals surface area contributed by atoms with Gasteiger partial charge < -0.3 is 14.2 Å². The first-order chi connectivity index (χ1) is 12.9. The molecule has 2 rings (SSSR count). The van der Waals surface area contributed by atoms with Gasteiger partial charge in [0.1, 0.15) is 11.5 Å². The Labute approximate surface area is 165 Å². The molecule has 2 aromatic rings. The molecule has 1 N–H and O–H groups in total. The molecule has 0 saturated carbocycles. The van der Waals surface area contributed by atoms with E-state index in [4.69, 9.17) is 25.8 Å². The number of benzene rings is 2. The van der Waals surface area contributed by atoms with Crippen LogP contribution in [-0.4, -0.2) is 29.2 Å². The molecular weight excluding hydrogens is 390 g/mol. The second kappa shape index (κ2) is 9.30. The maximum absolute atomic E-state index is 12.8. The van der Waals surface area contributed by atoms with Crippen molar-refractivity contribution in [2.45, 2.75) is 31.3 Å². The van der Waals surface area contributed by atoms with Crippen LogP contribution in [0, 0.1) is 0 Å². The smallest absolute Gasteiger partial charge is 0.262 e. The summed E-state index contributed by atoms with van der Waals surface area (Å²) in [7, 11) is -0.929. The molecular formula is C19H24ClNO5S. The minimum Gasteiger partial charge on any atom is -0.495 e. The quantitative estimate of drug-likeness (QED) is 0.647. The van der Waals surface area contributed by atoms with Gasteiger partial charge in [0.05, 0.1) is 35.9 Å². The Morgan fingerprint density at radius 3 is 2.19 bits per heavy atom. The number of ether oxygens (including phenoxy) is 3. The summed E-state index contributed by atoms with van der Waals surface area (Å²) in [6, 6.07) is 9.61. The standard InChI is InChI=1S/C19H24ClNO5S/c1-5-17(26-6-2)13-7-9-14(10-8-13)27(22,23)21-16-12-18(24-3)15(20)11-19(16)25-4/h7-12,17,21H,5-6H2,1-4H3. The molecule has 0 fully saturated rings. The summed E-state index contributed by atoms with van der Waals surface area (Å²) in [5, 5.41) is 0.322. The van der Waals surface area contributed by atoms with E-state index in [1.165, 1.54) is 26.4 Å².